The molecule has 2 aromatic heterocycles. The second-order valence-corrected chi connectivity index (χ2v) is 7.47. The molecule has 0 saturated carbocycles. The summed E-state index contributed by atoms with van der Waals surface area (Å²) >= 11 is 1.50. The summed E-state index contributed by atoms with van der Waals surface area (Å²) in [6, 6.07) is 7.60. The fourth-order valence-electron chi connectivity index (χ4n) is 2.99. The highest BCUT2D eigenvalue weighted by Crippen LogP contribution is 2.23. The molecule has 0 aliphatic heterocycles. The Morgan fingerprint density at radius 2 is 1.97 bits per heavy atom. The topological polar surface area (TPSA) is 94.0 Å². The molecule has 2 N–H and O–H groups in total. The first-order valence-electron chi connectivity index (χ1n) is 10.1. The number of fused-ring (bicyclic) bond motifs is 1. The van der Waals surface area contributed by atoms with E-state index < -0.39 is 0 Å². The molecule has 9 heteroatoms. The monoisotopic (exact) mass is 428 g/mol. The summed E-state index contributed by atoms with van der Waals surface area (Å²) in [5.74, 6) is 1.59. The van der Waals surface area contributed by atoms with Crippen LogP contribution in [0.2, 0.25) is 0 Å². The lowest BCUT2D eigenvalue weighted by Gasteiger charge is -2.09. The number of hydrogen-bond donors (Lipinski definition) is 2. The van der Waals surface area contributed by atoms with Gasteiger partial charge in [-0.1, -0.05) is 30.8 Å². The van der Waals surface area contributed by atoms with Crippen molar-refractivity contribution in [2.75, 3.05) is 31.3 Å². The SMILES string of the molecule is CCCNc1nc(SC)nc2c1cnn2CCNC(=O)Cc1ccc(OCC)cc1. The summed E-state index contributed by atoms with van der Waals surface area (Å²) in [6.45, 7) is 6.54. The lowest BCUT2D eigenvalue weighted by molar-refractivity contribution is -0.120. The van der Waals surface area contributed by atoms with E-state index >= 15 is 0 Å². The van der Waals surface area contributed by atoms with Crippen LogP contribution in [0.5, 0.6) is 5.75 Å². The molecule has 0 bridgehead atoms. The van der Waals surface area contributed by atoms with E-state index in [1.165, 1.54) is 11.8 Å². The fourth-order valence-corrected chi connectivity index (χ4v) is 3.35. The Kier molecular flexibility index (Phi) is 7.89. The van der Waals surface area contributed by atoms with Crippen molar-refractivity contribution in [3.05, 3.63) is 36.0 Å². The van der Waals surface area contributed by atoms with Crippen molar-refractivity contribution in [2.45, 2.75) is 38.4 Å². The maximum Gasteiger partial charge on any atom is 0.224 e. The van der Waals surface area contributed by atoms with Crippen molar-refractivity contribution >= 4 is 34.5 Å². The van der Waals surface area contributed by atoms with Crippen LogP contribution in [0.25, 0.3) is 11.0 Å². The van der Waals surface area contributed by atoms with Crippen LogP contribution in [0.1, 0.15) is 25.8 Å². The number of carbonyl (C=O) groups excluding carboxylic acids is 1. The summed E-state index contributed by atoms with van der Waals surface area (Å²) in [5.41, 5.74) is 1.72. The number of ether oxygens (including phenoxy) is 1. The molecule has 3 rings (SSSR count). The lowest BCUT2D eigenvalue weighted by Crippen LogP contribution is -2.28. The number of aromatic nitrogens is 4. The maximum atomic E-state index is 12.3. The van der Waals surface area contributed by atoms with Gasteiger partial charge in [0.05, 0.1) is 31.2 Å². The van der Waals surface area contributed by atoms with Crippen LogP contribution in [-0.2, 0) is 17.8 Å². The van der Waals surface area contributed by atoms with Gasteiger partial charge >= 0.3 is 0 Å². The molecular weight excluding hydrogens is 400 g/mol. The highest BCUT2D eigenvalue weighted by molar-refractivity contribution is 7.98. The summed E-state index contributed by atoms with van der Waals surface area (Å²) in [4.78, 5) is 21.4. The van der Waals surface area contributed by atoms with Gasteiger partial charge in [-0.05, 0) is 37.3 Å². The normalized spacial score (nSPS) is 10.9. The van der Waals surface area contributed by atoms with Gasteiger partial charge in [-0.2, -0.15) is 5.10 Å². The lowest BCUT2D eigenvalue weighted by atomic mass is 10.1. The molecule has 0 spiro atoms. The van der Waals surface area contributed by atoms with Gasteiger partial charge in [-0.25, -0.2) is 14.6 Å². The molecule has 0 aliphatic rings. The third kappa shape index (κ3) is 5.63. The molecule has 0 fully saturated rings. The number of nitrogens with one attached hydrogen (secondary N) is 2. The Morgan fingerprint density at radius 1 is 1.17 bits per heavy atom. The molecule has 1 amide bonds. The molecule has 1 aromatic carbocycles. The zero-order chi connectivity index (χ0) is 21.3. The fraction of sp³-hybridized carbons (Fsp3) is 0.429. The number of amides is 1. The molecule has 0 radical (unpaired) electrons. The number of rotatable bonds is 11. The quantitative estimate of drug-likeness (QED) is 0.358. The molecule has 3 aromatic rings. The molecule has 30 heavy (non-hydrogen) atoms. The first-order chi connectivity index (χ1) is 14.6. The first kappa shape index (κ1) is 21.9. The predicted molar refractivity (Wildman–Crippen MR) is 120 cm³/mol. The molecule has 0 atom stereocenters. The van der Waals surface area contributed by atoms with Crippen LogP contribution in [0, 0.1) is 0 Å². The molecule has 0 aliphatic carbocycles. The third-order valence-corrected chi connectivity index (χ3v) is 4.99. The zero-order valence-electron chi connectivity index (χ0n) is 17.6. The molecule has 2 heterocycles. The Morgan fingerprint density at radius 3 is 2.67 bits per heavy atom. The molecular formula is C21H28N6O2S. The Labute approximate surface area is 180 Å². The number of anilines is 1. The van der Waals surface area contributed by atoms with E-state index in [4.69, 9.17) is 4.74 Å². The number of nitrogens with zero attached hydrogens (tertiary/aromatic N) is 4. The van der Waals surface area contributed by atoms with Gasteiger partial charge in [0, 0.05) is 13.1 Å². The van der Waals surface area contributed by atoms with E-state index in [0.717, 1.165) is 41.1 Å². The maximum absolute atomic E-state index is 12.3. The van der Waals surface area contributed by atoms with Crippen LogP contribution in [-0.4, -0.2) is 51.6 Å². The van der Waals surface area contributed by atoms with Crippen molar-refractivity contribution < 1.29 is 9.53 Å². The number of carbonyl (C=O) groups is 1. The van der Waals surface area contributed by atoms with Crippen molar-refractivity contribution in [1.29, 1.82) is 0 Å². The van der Waals surface area contributed by atoms with Gasteiger partial charge in [-0.3, -0.25) is 4.79 Å². The van der Waals surface area contributed by atoms with Crippen molar-refractivity contribution in [3.8, 4) is 5.75 Å². The Balaban J connectivity index is 1.59. The summed E-state index contributed by atoms with van der Waals surface area (Å²) in [6.07, 6.45) is 5.07. The van der Waals surface area contributed by atoms with Crippen molar-refractivity contribution in [3.63, 3.8) is 0 Å². The largest absolute Gasteiger partial charge is 0.494 e. The molecule has 8 nitrogen and oxygen atoms in total. The Bertz CT molecular complexity index is 974. The van der Waals surface area contributed by atoms with Gasteiger partial charge in [0.25, 0.3) is 0 Å². The molecule has 160 valence electrons. The molecule has 0 saturated heterocycles. The van der Waals surface area contributed by atoms with Crippen LogP contribution in [0.15, 0.2) is 35.6 Å². The van der Waals surface area contributed by atoms with E-state index in [2.05, 4.69) is 32.6 Å². The Hall–Kier alpha value is -2.81. The summed E-state index contributed by atoms with van der Waals surface area (Å²) in [7, 11) is 0. The zero-order valence-corrected chi connectivity index (χ0v) is 18.5. The standard InChI is InChI=1S/C21H28N6O2S/c1-4-10-23-19-17-14-24-27(20(17)26-21(25-19)30-3)12-11-22-18(28)13-15-6-8-16(9-7-15)29-5-2/h6-9,14H,4-5,10-13H2,1-3H3,(H,22,28)(H,23,25,26). The van der Waals surface area contributed by atoms with Crippen LogP contribution < -0.4 is 15.4 Å². The smallest absolute Gasteiger partial charge is 0.224 e. The second-order valence-electron chi connectivity index (χ2n) is 6.69. The number of hydrogen-bond acceptors (Lipinski definition) is 7. The van der Waals surface area contributed by atoms with E-state index in [-0.39, 0.29) is 5.91 Å². The molecule has 0 unspecified atom stereocenters. The van der Waals surface area contributed by atoms with Gasteiger partial charge in [0.15, 0.2) is 10.8 Å². The minimum Gasteiger partial charge on any atom is -0.494 e. The summed E-state index contributed by atoms with van der Waals surface area (Å²) < 4.78 is 7.24. The number of thioether (sulfide) groups is 1. The van der Waals surface area contributed by atoms with Crippen LogP contribution in [0.3, 0.4) is 0 Å². The van der Waals surface area contributed by atoms with Crippen LogP contribution >= 0.6 is 11.8 Å². The van der Waals surface area contributed by atoms with E-state index in [0.29, 0.717) is 31.3 Å². The highest BCUT2D eigenvalue weighted by atomic mass is 32.2. The summed E-state index contributed by atoms with van der Waals surface area (Å²) in [5, 5.41) is 12.3. The average Bonchev–Trinajstić information content (AvgIpc) is 3.16. The highest BCUT2D eigenvalue weighted by Gasteiger charge is 2.13. The van der Waals surface area contributed by atoms with Crippen molar-refractivity contribution in [1.82, 2.24) is 25.1 Å². The van der Waals surface area contributed by atoms with Gasteiger partial charge < -0.3 is 15.4 Å². The van der Waals surface area contributed by atoms with Gasteiger partial charge in [0.2, 0.25) is 5.91 Å². The first-order valence-corrected chi connectivity index (χ1v) is 11.4. The van der Waals surface area contributed by atoms with E-state index in [1.807, 2.05) is 42.1 Å². The van der Waals surface area contributed by atoms with Crippen LogP contribution in [0.4, 0.5) is 5.82 Å². The minimum atomic E-state index is -0.0275. The van der Waals surface area contributed by atoms with E-state index in [1.54, 1.807) is 6.20 Å². The average molecular weight is 429 g/mol. The van der Waals surface area contributed by atoms with E-state index in [9.17, 15) is 4.79 Å². The third-order valence-electron chi connectivity index (χ3n) is 4.45. The predicted octanol–water partition coefficient (Wildman–Crippen LogP) is 3.13. The minimum absolute atomic E-state index is 0.0275. The van der Waals surface area contributed by atoms with Gasteiger partial charge in [-0.15, -0.1) is 0 Å². The van der Waals surface area contributed by atoms with Gasteiger partial charge in [0.1, 0.15) is 11.6 Å². The number of benzene rings is 1. The van der Waals surface area contributed by atoms with Crippen molar-refractivity contribution in [2.24, 2.45) is 0 Å². The second kappa shape index (κ2) is 10.8.